The molecule has 1 aliphatic rings. The molecule has 1 aromatic carbocycles. The molecule has 1 fully saturated rings. The highest BCUT2D eigenvalue weighted by Crippen LogP contribution is 2.23. The third-order valence-corrected chi connectivity index (χ3v) is 4.09. The second-order valence-corrected chi connectivity index (χ2v) is 5.63. The molecular formula is C16H22N4O. The van der Waals surface area contributed by atoms with Crippen LogP contribution >= 0.6 is 0 Å². The summed E-state index contributed by atoms with van der Waals surface area (Å²) in [7, 11) is 0. The first kappa shape index (κ1) is 13.9. The van der Waals surface area contributed by atoms with Gasteiger partial charge in [0.1, 0.15) is 0 Å². The highest BCUT2D eigenvalue weighted by Gasteiger charge is 2.25. The number of H-pyrrole nitrogens is 1. The molecule has 0 bridgehead atoms. The van der Waals surface area contributed by atoms with Crippen molar-refractivity contribution in [1.29, 1.82) is 0 Å². The highest BCUT2D eigenvalue weighted by atomic mass is 16.1. The number of aromatic amines is 1. The summed E-state index contributed by atoms with van der Waals surface area (Å²) >= 11 is 0. The number of carbonyl (C=O) groups excluding carboxylic acids is 1. The van der Waals surface area contributed by atoms with Crippen LogP contribution < -0.4 is 10.2 Å². The van der Waals surface area contributed by atoms with Gasteiger partial charge in [0, 0.05) is 25.6 Å². The number of piperidine rings is 1. The van der Waals surface area contributed by atoms with Crippen molar-refractivity contribution in [3.05, 3.63) is 24.3 Å². The Labute approximate surface area is 124 Å². The SMILES string of the molecule is CCCNC(=O)C1CCN(c2nc3ccccc3[nH]2)CC1. The maximum atomic E-state index is 12.0. The number of rotatable bonds is 4. The third kappa shape index (κ3) is 3.01. The number of carbonyl (C=O) groups is 1. The van der Waals surface area contributed by atoms with Crippen LogP contribution in [-0.4, -0.2) is 35.5 Å². The van der Waals surface area contributed by atoms with Crippen molar-refractivity contribution in [2.75, 3.05) is 24.5 Å². The minimum Gasteiger partial charge on any atom is -0.356 e. The molecule has 21 heavy (non-hydrogen) atoms. The van der Waals surface area contributed by atoms with E-state index in [2.05, 4.69) is 27.1 Å². The predicted molar refractivity (Wildman–Crippen MR) is 84.3 cm³/mol. The monoisotopic (exact) mass is 286 g/mol. The normalized spacial score (nSPS) is 16.3. The lowest BCUT2D eigenvalue weighted by atomic mass is 9.96. The molecule has 0 atom stereocenters. The zero-order valence-electron chi connectivity index (χ0n) is 12.4. The minimum absolute atomic E-state index is 0.150. The van der Waals surface area contributed by atoms with Gasteiger partial charge in [-0.2, -0.15) is 0 Å². The molecule has 0 spiro atoms. The molecule has 2 N–H and O–H groups in total. The van der Waals surface area contributed by atoms with Crippen LogP contribution in [0.4, 0.5) is 5.95 Å². The van der Waals surface area contributed by atoms with Gasteiger partial charge in [0.05, 0.1) is 11.0 Å². The van der Waals surface area contributed by atoms with Gasteiger partial charge >= 0.3 is 0 Å². The second-order valence-electron chi connectivity index (χ2n) is 5.63. The molecule has 0 radical (unpaired) electrons. The molecule has 1 aliphatic heterocycles. The first-order valence-electron chi connectivity index (χ1n) is 7.75. The lowest BCUT2D eigenvalue weighted by Crippen LogP contribution is -2.41. The fourth-order valence-corrected chi connectivity index (χ4v) is 2.84. The maximum Gasteiger partial charge on any atom is 0.223 e. The van der Waals surface area contributed by atoms with Crippen molar-refractivity contribution in [1.82, 2.24) is 15.3 Å². The molecule has 0 aliphatic carbocycles. The number of benzene rings is 1. The predicted octanol–water partition coefficient (Wildman–Crippen LogP) is 2.31. The number of nitrogens with one attached hydrogen (secondary N) is 2. The Morgan fingerprint density at radius 1 is 1.38 bits per heavy atom. The number of amides is 1. The maximum absolute atomic E-state index is 12.0. The summed E-state index contributed by atoms with van der Waals surface area (Å²) in [4.78, 5) is 22.2. The van der Waals surface area contributed by atoms with E-state index in [1.165, 1.54) is 0 Å². The van der Waals surface area contributed by atoms with E-state index in [0.29, 0.717) is 0 Å². The van der Waals surface area contributed by atoms with Crippen LogP contribution in [0.2, 0.25) is 0 Å². The summed E-state index contributed by atoms with van der Waals surface area (Å²) in [6, 6.07) is 8.06. The van der Waals surface area contributed by atoms with Gasteiger partial charge in [0.25, 0.3) is 0 Å². The van der Waals surface area contributed by atoms with E-state index in [4.69, 9.17) is 0 Å². The van der Waals surface area contributed by atoms with Crippen molar-refractivity contribution in [2.45, 2.75) is 26.2 Å². The largest absolute Gasteiger partial charge is 0.356 e. The molecule has 0 unspecified atom stereocenters. The number of hydrogen-bond donors (Lipinski definition) is 2. The van der Waals surface area contributed by atoms with E-state index >= 15 is 0 Å². The number of aromatic nitrogens is 2. The lowest BCUT2D eigenvalue weighted by molar-refractivity contribution is -0.125. The van der Waals surface area contributed by atoms with Gasteiger partial charge in [0.15, 0.2) is 0 Å². The van der Waals surface area contributed by atoms with Gasteiger partial charge < -0.3 is 15.2 Å². The highest BCUT2D eigenvalue weighted by molar-refractivity contribution is 5.79. The van der Waals surface area contributed by atoms with E-state index < -0.39 is 0 Å². The number of imidazole rings is 1. The Bertz CT molecular complexity index is 581. The fraction of sp³-hybridized carbons (Fsp3) is 0.500. The molecule has 5 nitrogen and oxygen atoms in total. The summed E-state index contributed by atoms with van der Waals surface area (Å²) < 4.78 is 0. The van der Waals surface area contributed by atoms with Gasteiger partial charge in [-0.3, -0.25) is 4.79 Å². The van der Waals surface area contributed by atoms with Crippen LogP contribution in [0, 0.1) is 5.92 Å². The molecule has 2 aromatic rings. The van der Waals surface area contributed by atoms with E-state index in [1.807, 2.05) is 24.3 Å². The summed E-state index contributed by atoms with van der Waals surface area (Å²) in [6.45, 7) is 4.61. The smallest absolute Gasteiger partial charge is 0.223 e. The summed E-state index contributed by atoms with van der Waals surface area (Å²) in [5.41, 5.74) is 2.06. The van der Waals surface area contributed by atoms with E-state index in [9.17, 15) is 4.79 Å². The molecular weight excluding hydrogens is 264 g/mol. The molecule has 1 aromatic heterocycles. The topological polar surface area (TPSA) is 61.0 Å². The number of nitrogens with zero attached hydrogens (tertiary/aromatic N) is 2. The average molecular weight is 286 g/mol. The zero-order valence-corrected chi connectivity index (χ0v) is 12.4. The average Bonchev–Trinajstić information content (AvgIpc) is 2.96. The van der Waals surface area contributed by atoms with Crippen molar-refractivity contribution in [3.63, 3.8) is 0 Å². The summed E-state index contributed by atoms with van der Waals surface area (Å²) in [6.07, 6.45) is 2.78. The summed E-state index contributed by atoms with van der Waals surface area (Å²) in [5, 5.41) is 3.00. The van der Waals surface area contributed by atoms with E-state index in [1.54, 1.807) is 0 Å². The van der Waals surface area contributed by atoms with Gasteiger partial charge in [-0.25, -0.2) is 4.98 Å². The quantitative estimate of drug-likeness (QED) is 0.906. The van der Waals surface area contributed by atoms with Crippen molar-refractivity contribution >= 4 is 22.9 Å². The molecule has 112 valence electrons. The van der Waals surface area contributed by atoms with Gasteiger partial charge in [-0.15, -0.1) is 0 Å². The summed E-state index contributed by atoms with van der Waals surface area (Å²) in [5.74, 6) is 1.28. The van der Waals surface area contributed by atoms with Gasteiger partial charge in [0.2, 0.25) is 11.9 Å². The van der Waals surface area contributed by atoms with Crippen molar-refractivity contribution in [2.24, 2.45) is 5.92 Å². The molecule has 0 saturated carbocycles. The number of anilines is 1. The Morgan fingerprint density at radius 3 is 2.86 bits per heavy atom. The van der Waals surface area contributed by atoms with Crippen molar-refractivity contribution < 1.29 is 4.79 Å². The Morgan fingerprint density at radius 2 is 2.14 bits per heavy atom. The van der Waals surface area contributed by atoms with E-state index in [-0.39, 0.29) is 11.8 Å². The van der Waals surface area contributed by atoms with Crippen LogP contribution in [-0.2, 0) is 4.79 Å². The first-order valence-corrected chi connectivity index (χ1v) is 7.75. The fourth-order valence-electron chi connectivity index (χ4n) is 2.84. The molecule has 2 heterocycles. The lowest BCUT2D eigenvalue weighted by Gasteiger charge is -2.31. The van der Waals surface area contributed by atoms with Crippen LogP contribution in [0.15, 0.2) is 24.3 Å². The standard InChI is InChI=1S/C16H22N4O/c1-2-9-17-15(21)12-7-10-20(11-8-12)16-18-13-5-3-4-6-14(13)19-16/h3-6,12H,2,7-11H2,1H3,(H,17,21)(H,18,19). The van der Waals surface area contributed by atoms with Crippen LogP contribution in [0.25, 0.3) is 11.0 Å². The Balaban J connectivity index is 1.61. The van der Waals surface area contributed by atoms with Crippen LogP contribution in [0.1, 0.15) is 26.2 Å². The zero-order chi connectivity index (χ0) is 14.7. The van der Waals surface area contributed by atoms with Crippen molar-refractivity contribution in [3.8, 4) is 0 Å². The van der Waals surface area contributed by atoms with E-state index in [0.717, 1.165) is 55.9 Å². The van der Waals surface area contributed by atoms with Crippen LogP contribution in [0.5, 0.6) is 0 Å². The Hall–Kier alpha value is -2.04. The Kier molecular flexibility index (Phi) is 4.08. The third-order valence-electron chi connectivity index (χ3n) is 4.09. The van der Waals surface area contributed by atoms with Crippen LogP contribution in [0.3, 0.4) is 0 Å². The number of hydrogen-bond acceptors (Lipinski definition) is 3. The molecule has 1 saturated heterocycles. The molecule has 1 amide bonds. The van der Waals surface area contributed by atoms with Gasteiger partial charge in [-0.05, 0) is 31.4 Å². The molecule has 3 rings (SSSR count). The second kappa shape index (κ2) is 6.16. The molecule has 5 heteroatoms. The minimum atomic E-state index is 0.150. The number of para-hydroxylation sites is 2. The first-order chi connectivity index (χ1) is 10.3. The number of fused-ring (bicyclic) bond motifs is 1. The van der Waals surface area contributed by atoms with Gasteiger partial charge in [-0.1, -0.05) is 19.1 Å².